The molecule has 2 aromatic rings. The Morgan fingerprint density at radius 3 is 2.83 bits per heavy atom. The van der Waals surface area contributed by atoms with Crippen molar-refractivity contribution < 1.29 is 14.1 Å². The van der Waals surface area contributed by atoms with Crippen LogP contribution in [0.2, 0.25) is 0 Å². The van der Waals surface area contributed by atoms with Crippen LogP contribution in [0, 0.1) is 6.92 Å². The predicted octanol–water partition coefficient (Wildman–Crippen LogP) is 2.88. The summed E-state index contributed by atoms with van der Waals surface area (Å²) in [4.78, 5) is 11.1. The summed E-state index contributed by atoms with van der Waals surface area (Å²) >= 11 is 0.407. The highest BCUT2D eigenvalue weighted by atomic mass is 32.2. The summed E-state index contributed by atoms with van der Waals surface area (Å²) < 4.78 is 18.7. The molecule has 1 heterocycles. The molecule has 0 aliphatic carbocycles. The molecule has 1 aromatic heterocycles. The van der Waals surface area contributed by atoms with Crippen LogP contribution in [-0.2, 0) is 20.7 Å². The van der Waals surface area contributed by atoms with Crippen molar-refractivity contribution in [1.82, 2.24) is 0 Å². The van der Waals surface area contributed by atoms with Gasteiger partial charge in [0.15, 0.2) is 0 Å². The molecule has 2 rings (SSSR count). The molecule has 0 aliphatic heterocycles. The molecule has 3 nitrogen and oxygen atoms in total. The van der Waals surface area contributed by atoms with Crippen molar-refractivity contribution in [2.45, 2.75) is 17.6 Å². The number of hydrogen-bond donors (Lipinski definition) is 0. The fourth-order valence-corrected chi connectivity index (χ4v) is 4.56. The monoisotopic (exact) mass is 282 g/mol. The highest BCUT2D eigenvalue weighted by Gasteiger charge is 2.20. The van der Waals surface area contributed by atoms with Gasteiger partial charge in [-0.1, -0.05) is 29.5 Å². The maximum absolute atomic E-state index is 12.2. The largest absolute Gasteiger partial charge is 0.611 e. The van der Waals surface area contributed by atoms with Crippen molar-refractivity contribution in [2.75, 3.05) is 12.9 Å². The fourth-order valence-electron chi connectivity index (χ4n) is 1.74. The normalized spacial score (nSPS) is 12.6. The standard InChI is InChI=1S/C13H14O3S2/c1-9-10-5-3-4-6-11(10)17-13(9)18(15)8-7-12(14)16-2/h3-6H,7-8H2,1-2H3. The Morgan fingerprint density at radius 2 is 2.17 bits per heavy atom. The lowest BCUT2D eigenvalue weighted by molar-refractivity contribution is -0.140. The van der Waals surface area contributed by atoms with Gasteiger partial charge in [-0.15, -0.1) is 0 Å². The zero-order chi connectivity index (χ0) is 13.1. The van der Waals surface area contributed by atoms with Gasteiger partial charge in [0.25, 0.3) is 0 Å². The molecule has 0 saturated heterocycles. The molecule has 96 valence electrons. The van der Waals surface area contributed by atoms with E-state index < -0.39 is 11.2 Å². The van der Waals surface area contributed by atoms with Crippen LogP contribution in [0.3, 0.4) is 0 Å². The van der Waals surface area contributed by atoms with Crippen LogP contribution in [-0.4, -0.2) is 23.4 Å². The lowest BCUT2D eigenvalue weighted by Crippen LogP contribution is -2.12. The molecule has 0 spiro atoms. The predicted molar refractivity (Wildman–Crippen MR) is 74.5 cm³/mol. The van der Waals surface area contributed by atoms with Crippen molar-refractivity contribution in [3.05, 3.63) is 29.8 Å². The number of thiophene rings is 1. The second-order valence-corrected chi connectivity index (χ2v) is 6.70. The molecule has 0 radical (unpaired) electrons. The van der Waals surface area contributed by atoms with E-state index in [1.165, 1.54) is 18.4 Å². The van der Waals surface area contributed by atoms with E-state index in [1.54, 1.807) is 0 Å². The van der Waals surface area contributed by atoms with Crippen molar-refractivity contribution >= 4 is 38.6 Å². The second-order valence-electron chi connectivity index (χ2n) is 3.89. The molecule has 0 aliphatic rings. The number of rotatable bonds is 4. The molecular formula is C13H14O3S2. The maximum Gasteiger partial charge on any atom is 0.310 e. The molecule has 0 bridgehead atoms. The van der Waals surface area contributed by atoms with Gasteiger partial charge < -0.3 is 9.29 Å². The topological polar surface area (TPSA) is 49.4 Å². The van der Waals surface area contributed by atoms with Crippen LogP contribution in [0.15, 0.2) is 28.5 Å². The van der Waals surface area contributed by atoms with E-state index in [9.17, 15) is 9.35 Å². The third kappa shape index (κ3) is 2.68. The molecular weight excluding hydrogens is 268 g/mol. The van der Waals surface area contributed by atoms with E-state index in [0.717, 1.165) is 19.9 Å². The van der Waals surface area contributed by atoms with Crippen molar-refractivity contribution in [1.29, 1.82) is 0 Å². The van der Waals surface area contributed by atoms with Crippen LogP contribution < -0.4 is 0 Å². The Kier molecular flexibility index (Phi) is 4.27. The molecule has 0 N–H and O–H groups in total. The molecule has 1 unspecified atom stereocenters. The number of hydrogen-bond acceptors (Lipinski definition) is 4. The third-order valence-electron chi connectivity index (χ3n) is 2.73. The average molecular weight is 282 g/mol. The molecule has 1 atom stereocenters. The Morgan fingerprint density at radius 1 is 1.44 bits per heavy atom. The fraction of sp³-hybridized carbons (Fsp3) is 0.308. The minimum atomic E-state index is -1.13. The highest BCUT2D eigenvalue weighted by Crippen LogP contribution is 2.34. The second kappa shape index (κ2) is 5.73. The summed E-state index contributed by atoms with van der Waals surface area (Å²) in [6.45, 7) is 1.98. The van der Waals surface area contributed by atoms with Crippen LogP contribution in [0.4, 0.5) is 0 Å². The zero-order valence-corrected chi connectivity index (χ0v) is 11.9. The van der Waals surface area contributed by atoms with E-state index in [4.69, 9.17) is 0 Å². The minimum absolute atomic E-state index is 0.191. The van der Waals surface area contributed by atoms with Gasteiger partial charge in [-0.2, -0.15) is 0 Å². The zero-order valence-electron chi connectivity index (χ0n) is 10.3. The first-order chi connectivity index (χ1) is 8.63. The first-order valence-corrected chi connectivity index (χ1v) is 7.70. The number of esters is 1. The molecule has 0 fully saturated rings. The smallest absolute Gasteiger partial charge is 0.310 e. The van der Waals surface area contributed by atoms with E-state index in [0.29, 0.717) is 5.75 Å². The molecule has 18 heavy (non-hydrogen) atoms. The summed E-state index contributed by atoms with van der Waals surface area (Å²) in [7, 11) is 1.34. The molecule has 0 saturated carbocycles. The lowest BCUT2D eigenvalue weighted by atomic mass is 10.2. The Bertz CT molecular complexity index is 562. The SMILES string of the molecule is COC(=O)CC[S+]([O-])c1sc2ccccc2c1C. The van der Waals surface area contributed by atoms with Crippen molar-refractivity contribution in [3.63, 3.8) is 0 Å². The number of benzene rings is 1. The van der Waals surface area contributed by atoms with E-state index >= 15 is 0 Å². The number of carbonyl (C=O) groups excluding carboxylic acids is 1. The Balaban J connectivity index is 2.20. The Hall–Kier alpha value is -1.04. The van der Waals surface area contributed by atoms with Crippen LogP contribution in [0.25, 0.3) is 10.1 Å². The quantitative estimate of drug-likeness (QED) is 0.640. The number of carbonyl (C=O) groups is 1. The van der Waals surface area contributed by atoms with E-state index in [-0.39, 0.29) is 12.4 Å². The third-order valence-corrected chi connectivity index (χ3v) is 5.90. The van der Waals surface area contributed by atoms with Crippen LogP contribution >= 0.6 is 11.3 Å². The van der Waals surface area contributed by atoms with Gasteiger partial charge in [-0.3, -0.25) is 4.79 Å². The van der Waals surface area contributed by atoms with Crippen molar-refractivity contribution in [3.8, 4) is 0 Å². The summed E-state index contributed by atoms with van der Waals surface area (Å²) in [6.07, 6.45) is 0.191. The summed E-state index contributed by atoms with van der Waals surface area (Å²) in [6, 6.07) is 8.00. The van der Waals surface area contributed by atoms with Gasteiger partial charge >= 0.3 is 5.97 Å². The van der Waals surface area contributed by atoms with E-state index in [1.807, 2.05) is 31.2 Å². The van der Waals surface area contributed by atoms with Gasteiger partial charge in [0.2, 0.25) is 4.21 Å². The van der Waals surface area contributed by atoms with E-state index in [2.05, 4.69) is 4.74 Å². The number of methoxy groups -OCH3 is 1. The van der Waals surface area contributed by atoms with Gasteiger partial charge in [0.1, 0.15) is 5.75 Å². The van der Waals surface area contributed by atoms with Gasteiger partial charge in [0.05, 0.1) is 13.5 Å². The van der Waals surface area contributed by atoms with Crippen LogP contribution in [0.1, 0.15) is 12.0 Å². The van der Waals surface area contributed by atoms with Gasteiger partial charge in [-0.25, -0.2) is 0 Å². The number of aryl methyl sites for hydroxylation is 1. The van der Waals surface area contributed by atoms with Crippen molar-refractivity contribution in [2.24, 2.45) is 0 Å². The summed E-state index contributed by atoms with van der Waals surface area (Å²) in [5.74, 6) is 0.00229. The average Bonchev–Trinajstić information content (AvgIpc) is 2.73. The van der Waals surface area contributed by atoms with Crippen LogP contribution in [0.5, 0.6) is 0 Å². The lowest BCUT2D eigenvalue weighted by Gasteiger charge is -2.08. The van der Waals surface area contributed by atoms with Gasteiger partial charge in [0, 0.05) is 15.6 Å². The first-order valence-electron chi connectivity index (χ1n) is 5.57. The summed E-state index contributed by atoms with van der Waals surface area (Å²) in [5.41, 5.74) is 1.05. The number of ether oxygens (including phenoxy) is 1. The van der Waals surface area contributed by atoms with Gasteiger partial charge in [-0.05, 0) is 24.2 Å². The molecule has 0 amide bonds. The highest BCUT2D eigenvalue weighted by molar-refractivity contribution is 7.93. The summed E-state index contributed by atoms with van der Waals surface area (Å²) in [5, 5.41) is 1.14. The molecule has 1 aromatic carbocycles. The first kappa shape index (κ1) is 13.4. The molecule has 5 heteroatoms. The minimum Gasteiger partial charge on any atom is -0.611 e. The Labute approximate surface area is 113 Å². The number of fused-ring (bicyclic) bond motifs is 1. The maximum atomic E-state index is 12.2.